The summed E-state index contributed by atoms with van der Waals surface area (Å²) in [6, 6.07) is 0.782. The van der Waals surface area contributed by atoms with Crippen molar-refractivity contribution in [1.82, 2.24) is 9.80 Å². The molecule has 5 atom stereocenters. The largest absolute Gasteiger partial charge is 0.286 e. The maximum Gasteiger partial charge on any atom is 0.0628 e. The molecule has 3 rings (SSSR count). The highest BCUT2D eigenvalue weighted by Crippen LogP contribution is 2.36. The monoisotopic (exact) mass is 264 g/mol. The standard InChI is InChI=1S/C17H32N2/c1-13-8-9-18-11-15(3)19(17(18)10-13)12-16-7-5-4-6-14(16)2/h13-17H,4-12H2,1-3H3. The van der Waals surface area contributed by atoms with Gasteiger partial charge in [0.25, 0.3) is 0 Å². The van der Waals surface area contributed by atoms with Crippen molar-refractivity contribution in [2.75, 3.05) is 19.6 Å². The molecule has 0 amide bonds. The summed E-state index contributed by atoms with van der Waals surface area (Å²) in [6.07, 6.45) is 9.49. The van der Waals surface area contributed by atoms with Gasteiger partial charge in [-0.2, -0.15) is 0 Å². The second kappa shape index (κ2) is 5.73. The lowest BCUT2D eigenvalue weighted by Gasteiger charge is -2.40. The topological polar surface area (TPSA) is 6.48 Å². The van der Waals surface area contributed by atoms with Gasteiger partial charge in [0.15, 0.2) is 0 Å². The van der Waals surface area contributed by atoms with E-state index in [2.05, 4.69) is 30.6 Å². The molecule has 0 aromatic carbocycles. The molecule has 0 spiro atoms. The smallest absolute Gasteiger partial charge is 0.0628 e. The Bertz CT molecular complexity index is 304. The molecule has 0 N–H and O–H groups in total. The number of hydrogen-bond donors (Lipinski definition) is 0. The van der Waals surface area contributed by atoms with Crippen LogP contribution in [0.5, 0.6) is 0 Å². The van der Waals surface area contributed by atoms with Gasteiger partial charge < -0.3 is 0 Å². The molecule has 2 aliphatic heterocycles. The van der Waals surface area contributed by atoms with E-state index in [1.54, 1.807) is 0 Å². The molecule has 0 aromatic rings. The highest BCUT2D eigenvalue weighted by Gasteiger charge is 2.41. The number of fused-ring (bicyclic) bond motifs is 1. The minimum Gasteiger partial charge on any atom is -0.286 e. The van der Waals surface area contributed by atoms with E-state index in [0.29, 0.717) is 0 Å². The van der Waals surface area contributed by atoms with Gasteiger partial charge in [0, 0.05) is 19.1 Å². The van der Waals surface area contributed by atoms with E-state index >= 15 is 0 Å². The SMILES string of the molecule is CC1CCN2CC(C)N(CC3CCCCC3C)C2C1. The van der Waals surface area contributed by atoms with Gasteiger partial charge in [-0.25, -0.2) is 0 Å². The van der Waals surface area contributed by atoms with Gasteiger partial charge in [0.1, 0.15) is 0 Å². The number of rotatable bonds is 2. The van der Waals surface area contributed by atoms with Crippen LogP contribution in [-0.2, 0) is 0 Å². The minimum atomic E-state index is 0.771. The molecule has 2 saturated heterocycles. The molecule has 2 heteroatoms. The van der Waals surface area contributed by atoms with Crippen molar-refractivity contribution in [2.24, 2.45) is 17.8 Å². The molecule has 0 radical (unpaired) electrons. The Morgan fingerprint density at radius 2 is 1.79 bits per heavy atom. The molecular formula is C17H32N2. The van der Waals surface area contributed by atoms with Crippen LogP contribution in [0.25, 0.3) is 0 Å². The van der Waals surface area contributed by atoms with Crippen LogP contribution < -0.4 is 0 Å². The summed E-state index contributed by atoms with van der Waals surface area (Å²) in [6.45, 7) is 11.4. The summed E-state index contributed by atoms with van der Waals surface area (Å²) in [7, 11) is 0. The van der Waals surface area contributed by atoms with E-state index in [9.17, 15) is 0 Å². The van der Waals surface area contributed by atoms with Crippen LogP contribution >= 0.6 is 0 Å². The Kier molecular flexibility index (Phi) is 4.19. The predicted octanol–water partition coefficient (Wildman–Crippen LogP) is 3.57. The summed E-state index contributed by atoms with van der Waals surface area (Å²) in [5, 5.41) is 0. The minimum absolute atomic E-state index is 0.771. The van der Waals surface area contributed by atoms with E-state index in [1.807, 2.05) is 0 Å². The van der Waals surface area contributed by atoms with Gasteiger partial charge in [-0.05, 0) is 50.5 Å². The van der Waals surface area contributed by atoms with Crippen molar-refractivity contribution >= 4 is 0 Å². The third-order valence-electron chi connectivity index (χ3n) is 6.13. The fourth-order valence-electron chi connectivity index (χ4n) is 4.69. The molecule has 0 aromatic heterocycles. The molecule has 2 nitrogen and oxygen atoms in total. The average molecular weight is 264 g/mol. The van der Waals surface area contributed by atoms with Crippen molar-refractivity contribution in [3.63, 3.8) is 0 Å². The van der Waals surface area contributed by atoms with Gasteiger partial charge in [-0.1, -0.05) is 33.1 Å². The fraction of sp³-hybridized carbons (Fsp3) is 1.00. The van der Waals surface area contributed by atoms with Crippen molar-refractivity contribution in [3.05, 3.63) is 0 Å². The van der Waals surface area contributed by atoms with Crippen LogP contribution in [0.15, 0.2) is 0 Å². The molecular weight excluding hydrogens is 232 g/mol. The number of piperidine rings is 1. The first-order valence-electron chi connectivity index (χ1n) is 8.65. The molecule has 1 saturated carbocycles. The summed E-state index contributed by atoms with van der Waals surface area (Å²) in [4.78, 5) is 5.63. The van der Waals surface area contributed by atoms with Crippen molar-refractivity contribution in [2.45, 2.75) is 71.5 Å². The Labute approximate surface area is 119 Å². The van der Waals surface area contributed by atoms with Crippen molar-refractivity contribution in [1.29, 1.82) is 0 Å². The summed E-state index contributed by atoms with van der Waals surface area (Å²) in [5.74, 6) is 2.85. The Morgan fingerprint density at radius 3 is 2.58 bits per heavy atom. The Balaban J connectivity index is 1.65. The third kappa shape index (κ3) is 2.85. The van der Waals surface area contributed by atoms with Crippen LogP contribution in [0.3, 0.4) is 0 Å². The van der Waals surface area contributed by atoms with E-state index in [4.69, 9.17) is 0 Å². The Hall–Kier alpha value is -0.0800. The Morgan fingerprint density at radius 1 is 1.00 bits per heavy atom. The first-order valence-corrected chi connectivity index (χ1v) is 8.65. The molecule has 3 aliphatic rings. The van der Waals surface area contributed by atoms with Crippen LogP contribution in [0, 0.1) is 17.8 Å². The molecule has 3 fully saturated rings. The predicted molar refractivity (Wildman–Crippen MR) is 81.0 cm³/mol. The maximum absolute atomic E-state index is 2.86. The van der Waals surface area contributed by atoms with Crippen molar-refractivity contribution < 1.29 is 0 Å². The van der Waals surface area contributed by atoms with Crippen LogP contribution in [0.2, 0.25) is 0 Å². The fourth-order valence-corrected chi connectivity index (χ4v) is 4.69. The molecule has 19 heavy (non-hydrogen) atoms. The molecule has 2 heterocycles. The van der Waals surface area contributed by atoms with Gasteiger partial charge >= 0.3 is 0 Å². The lowest BCUT2D eigenvalue weighted by atomic mass is 9.80. The summed E-state index contributed by atoms with van der Waals surface area (Å²) in [5.41, 5.74) is 0. The van der Waals surface area contributed by atoms with Gasteiger partial charge in [-0.15, -0.1) is 0 Å². The van der Waals surface area contributed by atoms with Crippen LogP contribution in [0.1, 0.15) is 59.3 Å². The van der Waals surface area contributed by atoms with Crippen LogP contribution in [-0.4, -0.2) is 41.6 Å². The number of hydrogen-bond acceptors (Lipinski definition) is 2. The van der Waals surface area contributed by atoms with E-state index in [1.165, 1.54) is 58.2 Å². The van der Waals surface area contributed by atoms with Crippen molar-refractivity contribution in [3.8, 4) is 0 Å². The second-order valence-corrected chi connectivity index (χ2v) is 7.67. The van der Waals surface area contributed by atoms with E-state index in [-0.39, 0.29) is 0 Å². The quantitative estimate of drug-likeness (QED) is 0.752. The molecule has 1 aliphatic carbocycles. The molecule has 5 unspecified atom stereocenters. The normalized spacial score (nSPS) is 45.3. The maximum atomic E-state index is 2.86. The highest BCUT2D eigenvalue weighted by atomic mass is 15.4. The third-order valence-corrected chi connectivity index (χ3v) is 6.13. The second-order valence-electron chi connectivity index (χ2n) is 7.67. The first-order chi connectivity index (χ1) is 9.15. The van der Waals surface area contributed by atoms with Crippen LogP contribution in [0.4, 0.5) is 0 Å². The van der Waals surface area contributed by atoms with Gasteiger partial charge in [0.2, 0.25) is 0 Å². The summed E-state index contributed by atoms with van der Waals surface area (Å²) >= 11 is 0. The van der Waals surface area contributed by atoms with E-state index in [0.717, 1.165) is 30.0 Å². The lowest BCUT2D eigenvalue weighted by molar-refractivity contribution is 0.0430. The molecule has 110 valence electrons. The average Bonchev–Trinajstić information content (AvgIpc) is 2.69. The highest BCUT2D eigenvalue weighted by molar-refractivity contribution is 4.93. The van der Waals surface area contributed by atoms with Gasteiger partial charge in [-0.3, -0.25) is 9.80 Å². The molecule has 0 bridgehead atoms. The first kappa shape index (κ1) is 13.9. The van der Waals surface area contributed by atoms with Gasteiger partial charge in [0.05, 0.1) is 6.17 Å². The number of nitrogens with zero attached hydrogens (tertiary/aromatic N) is 2. The zero-order valence-electron chi connectivity index (χ0n) is 13.1. The van der Waals surface area contributed by atoms with E-state index < -0.39 is 0 Å². The zero-order chi connectivity index (χ0) is 13.4. The summed E-state index contributed by atoms with van der Waals surface area (Å²) < 4.78 is 0. The zero-order valence-corrected chi connectivity index (χ0v) is 13.1. The lowest BCUT2D eigenvalue weighted by Crippen LogP contribution is -2.47.